The zero-order valence-corrected chi connectivity index (χ0v) is 40.2. The summed E-state index contributed by atoms with van der Waals surface area (Å²) in [5.74, 6) is 0. The van der Waals surface area contributed by atoms with Gasteiger partial charge in [-0.15, -0.1) is 0 Å². The third kappa shape index (κ3) is 6.15. The number of benzene rings is 8. The van der Waals surface area contributed by atoms with Crippen LogP contribution in [0, 0.1) is 0 Å². The quantitative estimate of drug-likeness (QED) is 0.166. The fraction of sp³-hybridized carbons (Fsp3) is 0.281. The molecule has 0 fully saturated rings. The van der Waals surface area contributed by atoms with Gasteiger partial charge in [0.05, 0.1) is 10.8 Å². The Labute approximate surface area is 383 Å². The van der Waals surface area contributed by atoms with Crippen molar-refractivity contribution in [2.24, 2.45) is 0 Å². The Morgan fingerprint density at radius 1 is 0.281 bits per heavy atom. The van der Waals surface area contributed by atoms with Gasteiger partial charge in [0.1, 0.15) is 0 Å². The van der Waals surface area contributed by atoms with E-state index in [1.165, 1.54) is 99.8 Å². The molecule has 0 N–H and O–H groups in total. The van der Waals surface area contributed by atoms with Crippen molar-refractivity contribution in [3.05, 3.63) is 237 Å². The molecule has 0 spiro atoms. The number of hydrogen-bond acceptors (Lipinski definition) is 0. The van der Waals surface area contributed by atoms with Gasteiger partial charge in [0, 0.05) is 0 Å². The third-order valence-corrected chi connectivity index (χ3v) is 14.9. The molecule has 0 aromatic heterocycles. The predicted octanol–water partition coefficient (Wildman–Crippen LogP) is 16.8. The molecule has 0 radical (unpaired) electrons. The Morgan fingerprint density at radius 3 is 1.08 bits per heavy atom. The highest BCUT2D eigenvalue weighted by Gasteiger charge is 2.56. The SMILES string of the molecule is CC(C)(C)c1ccc(C2(c3ccc(C(C)(C)C)cc3)c3ccccc3-c3ccc4c(c32)C(c2ccc(C(C)(C)C)cc2)(c2ccc(C(C)(C)C)cc2)c2ccc3ccccc3c2-4)cc1. The zero-order chi connectivity index (χ0) is 45.2. The molecule has 0 heterocycles. The first kappa shape index (κ1) is 42.0. The highest BCUT2D eigenvalue weighted by atomic mass is 14.6. The standard InChI is InChI=1S/C64H64/c1-59(2,3)42-22-30-46(31-23-42)63(47-32-24-43(25-33-47)60(4,5)6)54-20-16-15-19-51(54)52-38-39-53-56-50-18-14-13-17-41(50)21-40-55(56)64(58(53)57(52)63,48-34-26-44(27-35-48)61(7,8)9)49-36-28-45(29-37-49)62(10,11)12/h13-40H,1-12H3. The second-order valence-corrected chi connectivity index (χ2v) is 23.0. The van der Waals surface area contributed by atoms with Crippen LogP contribution in [-0.2, 0) is 32.5 Å². The lowest BCUT2D eigenvalue weighted by Crippen LogP contribution is -2.36. The first-order chi connectivity index (χ1) is 30.3. The van der Waals surface area contributed by atoms with Crippen molar-refractivity contribution < 1.29 is 0 Å². The molecule has 0 amide bonds. The van der Waals surface area contributed by atoms with Crippen molar-refractivity contribution in [1.29, 1.82) is 0 Å². The van der Waals surface area contributed by atoms with Crippen molar-refractivity contribution in [2.75, 3.05) is 0 Å². The summed E-state index contributed by atoms with van der Waals surface area (Å²) in [5.41, 5.74) is 20.0. The van der Waals surface area contributed by atoms with E-state index in [0.29, 0.717) is 0 Å². The number of rotatable bonds is 4. The summed E-state index contributed by atoms with van der Waals surface area (Å²) in [7, 11) is 0. The van der Waals surface area contributed by atoms with Crippen LogP contribution in [-0.4, -0.2) is 0 Å². The van der Waals surface area contributed by atoms with E-state index in [9.17, 15) is 0 Å². The minimum atomic E-state index is -0.656. The lowest BCUT2D eigenvalue weighted by atomic mass is 9.60. The van der Waals surface area contributed by atoms with E-state index in [-0.39, 0.29) is 21.7 Å². The van der Waals surface area contributed by atoms with Gasteiger partial charge in [-0.2, -0.15) is 0 Å². The molecule has 0 saturated heterocycles. The molecule has 8 aromatic rings. The van der Waals surface area contributed by atoms with Crippen LogP contribution in [0.5, 0.6) is 0 Å². The summed E-state index contributed by atoms with van der Waals surface area (Å²) < 4.78 is 0. The molecule has 0 nitrogen and oxygen atoms in total. The van der Waals surface area contributed by atoms with Crippen LogP contribution in [0.3, 0.4) is 0 Å². The second-order valence-electron chi connectivity index (χ2n) is 23.0. The average molecular weight is 833 g/mol. The smallest absolute Gasteiger partial charge is 0.0619 e. The van der Waals surface area contributed by atoms with E-state index in [1.807, 2.05) is 0 Å². The largest absolute Gasteiger partial charge is 0.0717 e. The highest BCUT2D eigenvalue weighted by Crippen LogP contribution is 2.66. The number of fused-ring (bicyclic) bond motifs is 9. The van der Waals surface area contributed by atoms with Gasteiger partial charge in [-0.3, -0.25) is 0 Å². The molecule has 8 aromatic carbocycles. The van der Waals surface area contributed by atoms with Gasteiger partial charge in [-0.25, -0.2) is 0 Å². The molecule has 320 valence electrons. The first-order valence-electron chi connectivity index (χ1n) is 23.5. The molecular formula is C64H64. The molecule has 0 atom stereocenters. The Hall–Kier alpha value is -5.98. The Bertz CT molecular complexity index is 2950. The maximum absolute atomic E-state index is 2.48. The Balaban J connectivity index is 1.44. The third-order valence-electron chi connectivity index (χ3n) is 14.9. The van der Waals surface area contributed by atoms with Crippen molar-refractivity contribution in [2.45, 2.75) is 116 Å². The normalized spacial score (nSPS) is 15.1. The van der Waals surface area contributed by atoms with Gasteiger partial charge in [-0.05, 0) is 121 Å². The maximum Gasteiger partial charge on any atom is 0.0717 e. The predicted molar refractivity (Wildman–Crippen MR) is 273 cm³/mol. The topological polar surface area (TPSA) is 0 Å². The summed E-state index contributed by atoms with van der Waals surface area (Å²) in [4.78, 5) is 0. The molecule has 10 rings (SSSR count). The molecule has 0 bridgehead atoms. The molecule has 0 unspecified atom stereocenters. The lowest BCUT2D eigenvalue weighted by Gasteiger charge is -2.41. The van der Waals surface area contributed by atoms with Gasteiger partial charge in [0.25, 0.3) is 0 Å². The molecule has 64 heavy (non-hydrogen) atoms. The summed E-state index contributed by atoms with van der Waals surface area (Å²) >= 11 is 0. The van der Waals surface area contributed by atoms with Crippen LogP contribution in [0.25, 0.3) is 33.0 Å². The van der Waals surface area contributed by atoms with Crippen LogP contribution >= 0.6 is 0 Å². The Morgan fingerprint density at radius 2 is 0.641 bits per heavy atom. The van der Waals surface area contributed by atoms with Gasteiger partial charge in [0.2, 0.25) is 0 Å². The molecular weight excluding hydrogens is 769 g/mol. The summed E-state index contributed by atoms with van der Waals surface area (Å²) in [5, 5.41) is 2.56. The fourth-order valence-corrected chi connectivity index (χ4v) is 11.4. The van der Waals surface area contributed by atoms with Gasteiger partial charge in [-0.1, -0.05) is 253 Å². The van der Waals surface area contributed by atoms with Crippen molar-refractivity contribution in [1.82, 2.24) is 0 Å². The highest BCUT2D eigenvalue weighted by molar-refractivity contribution is 6.06. The molecule has 0 saturated carbocycles. The van der Waals surface area contributed by atoms with Gasteiger partial charge in [0.15, 0.2) is 0 Å². The van der Waals surface area contributed by atoms with E-state index in [4.69, 9.17) is 0 Å². The van der Waals surface area contributed by atoms with E-state index in [2.05, 4.69) is 253 Å². The fourth-order valence-electron chi connectivity index (χ4n) is 11.4. The van der Waals surface area contributed by atoms with E-state index < -0.39 is 10.8 Å². The Kier molecular flexibility index (Phi) is 9.36. The number of hydrogen-bond donors (Lipinski definition) is 0. The van der Waals surface area contributed by atoms with Gasteiger partial charge < -0.3 is 0 Å². The van der Waals surface area contributed by atoms with Crippen LogP contribution < -0.4 is 0 Å². The van der Waals surface area contributed by atoms with Crippen LogP contribution in [0.4, 0.5) is 0 Å². The van der Waals surface area contributed by atoms with Crippen LogP contribution in [0.1, 0.15) is 150 Å². The average Bonchev–Trinajstić information content (AvgIpc) is 3.74. The summed E-state index contributed by atoms with van der Waals surface area (Å²) in [6.45, 7) is 27.9. The van der Waals surface area contributed by atoms with Crippen molar-refractivity contribution >= 4 is 10.8 Å². The van der Waals surface area contributed by atoms with Crippen molar-refractivity contribution in [3.8, 4) is 22.3 Å². The molecule has 2 aliphatic carbocycles. The summed E-state index contributed by atoms with van der Waals surface area (Å²) in [6, 6.07) is 67.0. The maximum atomic E-state index is 2.48. The zero-order valence-electron chi connectivity index (χ0n) is 40.2. The molecule has 2 aliphatic rings. The minimum absolute atomic E-state index is 0.0121. The van der Waals surface area contributed by atoms with Gasteiger partial charge >= 0.3 is 0 Å². The van der Waals surface area contributed by atoms with Crippen LogP contribution in [0.15, 0.2) is 170 Å². The van der Waals surface area contributed by atoms with Crippen LogP contribution in [0.2, 0.25) is 0 Å². The first-order valence-corrected chi connectivity index (χ1v) is 23.5. The second kappa shape index (κ2) is 14.3. The molecule has 0 heteroatoms. The van der Waals surface area contributed by atoms with Crippen molar-refractivity contribution in [3.63, 3.8) is 0 Å². The van der Waals surface area contributed by atoms with E-state index >= 15 is 0 Å². The monoisotopic (exact) mass is 833 g/mol. The summed E-state index contributed by atoms with van der Waals surface area (Å²) in [6.07, 6.45) is 0. The lowest BCUT2D eigenvalue weighted by molar-refractivity contribution is 0.587. The minimum Gasteiger partial charge on any atom is -0.0619 e. The van der Waals surface area contributed by atoms with E-state index in [0.717, 1.165) is 0 Å². The molecule has 0 aliphatic heterocycles. The van der Waals surface area contributed by atoms with E-state index in [1.54, 1.807) is 0 Å².